The minimum absolute atomic E-state index is 0.114. The fraction of sp³-hybridized carbons (Fsp3) is 0.667. The van der Waals surface area contributed by atoms with Gasteiger partial charge in [0, 0.05) is 18.2 Å². The van der Waals surface area contributed by atoms with Gasteiger partial charge < -0.3 is 10.2 Å². The van der Waals surface area contributed by atoms with Crippen molar-refractivity contribution in [2.45, 2.75) is 38.1 Å². The largest absolute Gasteiger partial charge is 0.366 e. The average Bonchev–Trinajstić information content (AvgIpc) is 2.41. The quantitative estimate of drug-likeness (QED) is 0.864. The minimum atomic E-state index is -1.28. The summed E-state index contributed by atoms with van der Waals surface area (Å²) in [5.41, 5.74) is -0.114. The summed E-state index contributed by atoms with van der Waals surface area (Å²) in [7, 11) is 3.99. The van der Waals surface area contributed by atoms with Gasteiger partial charge >= 0.3 is 0 Å². The molecule has 2 atom stereocenters. The molecule has 21 heavy (non-hydrogen) atoms. The van der Waals surface area contributed by atoms with Crippen LogP contribution in [0.4, 0.5) is 19.0 Å². The number of pyridine rings is 1. The minimum Gasteiger partial charge on any atom is -0.366 e. The third kappa shape index (κ3) is 3.48. The van der Waals surface area contributed by atoms with Crippen molar-refractivity contribution in [3.63, 3.8) is 0 Å². The fourth-order valence-corrected chi connectivity index (χ4v) is 3.17. The second kappa shape index (κ2) is 6.22. The molecule has 1 aromatic heterocycles. The normalized spacial score (nSPS) is 26.1. The Bertz CT molecular complexity index is 507. The van der Waals surface area contributed by atoms with Gasteiger partial charge in [0.15, 0.2) is 17.5 Å². The fourth-order valence-electron chi connectivity index (χ4n) is 3.17. The predicted octanol–water partition coefficient (Wildman–Crippen LogP) is 3.42. The molecule has 1 heterocycles. The molecule has 0 aliphatic heterocycles. The lowest BCUT2D eigenvalue weighted by Crippen LogP contribution is -2.52. The van der Waals surface area contributed by atoms with Crippen LogP contribution in [0.15, 0.2) is 6.07 Å². The highest BCUT2D eigenvalue weighted by atomic mass is 19.2. The van der Waals surface area contributed by atoms with Crippen LogP contribution in [0.1, 0.15) is 32.6 Å². The summed E-state index contributed by atoms with van der Waals surface area (Å²) >= 11 is 0. The first-order valence-electron chi connectivity index (χ1n) is 7.27. The Morgan fingerprint density at radius 2 is 2.05 bits per heavy atom. The molecule has 0 saturated heterocycles. The first-order chi connectivity index (χ1) is 9.84. The monoisotopic (exact) mass is 301 g/mol. The number of hydrogen-bond donors (Lipinski definition) is 1. The molecule has 118 valence electrons. The molecule has 0 bridgehead atoms. The van der Waals surface area contributed by atoms with E-state index in [4.69, 9.17) is 0 Å². The van der Waals surface area contributed by atoms with E-state index in [1.807, 2.05) is 14.1 Å². The summed E-state index contributed by atoms with van der Waals surface area (Å²) in [6.07, 6.45) is 4.27. The molecule has 1 aliphatic carbocycles. The zero-order chi connectivity index (χ0) is 15.6. The number of hydrogen-bond acceptors (Lipinski definition) is 3. The Morgan fingerprint density at radius 1 is 1.33 bits per heavy atom. The van der Waals surface area contributed by atoms with Crippen molar-refractivity contribution < 1.29 is 13.2 Å². The summed E-state index contributed by atoms with van der Waals surface area (Å²) < 4.78 is 39.7. The van der Waals surface area contributed by atoms with Crippen LogP contribution in [0.2, 0.25) is 0 Å². The molecule has 3 nitrogen and oxygen atoms in total. The molecule has 1 fully saturated rings. The standard InChI is InChI=1S/C15H22F3N3/c1-10-5-4-6-15(8-10,21(2)3)9-19-14-12(17)7-11(16)13(18)20-14/h7,10H,4-6,8-9H2,1-3H3,(H,19,20). The van der Waals surface area contributed by atoms with Crippen molar-refractivity contribution in [1.29, 1.82) is 0 Å². The van der Waals surface area contributed by atoms with Gasteiger partial charge in [0.05, 0.1) is 0 Å². The van der Waals surface area contributed by atoms with Crippen LogP contribution in [0.5, 0.6) is 0 Å². The molecule has 2 rings (SSSR count). The number of nitrogens with one attached hydrogen (secondary N) is 1. The van der Waals surface area contributed by atoms with Crippen LogP contribution in [-0.4, -0.2) is 36.1 Å². The lowest BCUT2D eigenvalue weighted by molar-refractivity contribution is 0.0880. The third-order valence-electron chi connectivity index (χ3n) is 4.49. The van der Waals surface area contributed by atoms with Gasteiger partial charge in [-0.05, 0) is 32.9 Å². The topological polar surface area (TPSA) is 28.2 Å². The second-order valence-corrected chi connectivity index (χ2v) is 6.27. The second-order valence-electron chi connectivity index (χ2n) is 6.27. The molecule has 0 radical (unpaired) electrons. The Hall–Kier alpha value is -1.30. The van der Waals surface area contributed by atoms with Crippen molar-refractivity contribution in [3.8, 4) is 0 Å². The van der Waals surface area contributed by atoms with Gasteiger partial charge in [0.2, 0.25) is 0 Å². The van der Waals surface area contributed by atoms with E-state index in [2.05, 4.69) is 22.1 Å². The lowest BCUT2D eigenvalue weighted by Gasteiger charge is -2.45. The SMILES string of the molecule is CC1CCCC(CNc2nc(F)c(F)cc2F)(N(C)C)C1. The molecular formula is C15H22F3N3. The average molecular weight is 301 g/mol. The van der Waals surface area contributed by atoms with E-state index in [0.717, 1.165) is 19.3 Å². The summed E-state index contributed by atoms with van der Waals surface area (Å²) in [5.74, 6) is -3.06. The molecule has 0 aromatic carbocycles. The molecule has 1 aromatic rings. The maximum Gasteiger partial charge on any atom is 0.251 e. The Kier molecular flexibility index (Phi) is 4.76. The number of likely N-dealkylation sites (N-methyl/N-ethyl adjacent to an activating group) is 1. The van der Waals surface area contributed by atoms with E-state index in [1.165, 1.54) is 6.42 Å². The predicted molar refractivity (Wildman–Crippen MR) is 76.7 cm³/mol. The first kappa shape index (κ1) is 16.1. The molecule has 0 amide bonds. The molecule has 1 saturated carbocycles. The van der Waals surface area contributed by atoms with E-state index in [0.29, 0.717) is 18.5 Å². The van der Waals surface area contributed by atoms with Crippen LogP contribution in [0, 0.1) is 23.5 Å². The van der Waals surface area contributed by atoms with Gasteiger partial charge in [0.1, 0.15) is 0 Å². The summed E-state index contributed by atoms with van der Waals surface area (Å²) in [6.45, 7) is 2.66. The Balaban J connectivity index is 2.14. The molecule has 1 aliphatic rings. The van der Waals surface area contributed by atoms with Gasteiger partial charge in [-0.2, -0.15) is 9.37 Å². The van der Waals surface area contributed by atoms with Crippen LogP contribution in [0.3, 0.4) is 0 Å². The van der Waals surface area contributed by atoms with Crippen LogP contribution >= 0.6 is 0 Å². The number of rotatable bonds is 4. The zero-order valence-corrected chi connectivity index (χ0v) is 12.7. The van der Waals surface area contributed by atoms with Crippen molar-refractivity contribution in [2.24, 2.45) is 5.92 Å². The van der Waals surface area contributed by atoms with Crippen molar-refractivity contribution in [3.05, 3.63) is 23.6 Å². The molecular weight excluding hydrogens is 279 g/mol. The van der Waals surface area contributed by atoms with Gasteiger partial charge in [-0.15, -0.1) is 0 Å². The number of nitrogens with zero attached hydrogens (tertiary/aromatic N) is 2. The molecule has 2 unspecified atom stereocenters. The maximum atomic E-state index is 13.6. The highest BCUT2D eigenvalue weighted by Crippen LogP contribution is 2.35. The number of aromatic nitrogens is 1. The van der Waals surface area contributed by atoms with E-state index in [1.54, 1.807) is 0 Å². The number of halogens is 3. The third-order valence-corrected chi connectivity index (χ3v) is 4.49. The van der Waals surface area contributed by atoms with Gasteiger partial charge in [0.25, 0.3) is 5.95 Å². The zero-order valence-electron chi connectivity index (χ0n) is 12.7. The maximum absolute atomic E-state index is 13.6. The summed E-state index contributed by atoms with van der Waals surface area (Å²) in [6, 6.07) is 0.524. The highest BCUT2D eigenvalue weighted by Gasteiger charge is 2.37. The van der Waals surface area contributed by atoms with Gasteiger partial charge in [-0.25, -0.2) is 8.78 Å². The van der Waals surface area contributed by atoms with Crippen molar-refractivity contribution in [1.82, 2.24) is 9.88 Å². The summed E-state index contributed by atoms with van der Waals surface area (Å²) in [4.78, 5) is 5.45. The van der Waals surface area contributed by atoms with Crippen molar-refractivity contribution >= 4 is 5.82 Å². The Morgan fingerprint density at radius 3 is 2.67 bits per heavy atom. The summed E-state index contributed by atoms with van der Waals surface area (Å²) in [5, 5.41) is 2.86. The van der Waals surface area contributed by atoms with E-state index in [-0.39, 0.29) is 11.4 Å². The van der Waals surface area contributed by atoms with Gasteiger partial charge in [-0.3, -0.25) is 0 Å². The van der Waals surface area contributed by atoms with E-state index in [9.17, 15) is 13.2 Å². The van der Waals surface area contributed by atoms with Crippen molar-refractivity contribution in [2.75, 3.05) is 26.0 Å². The molecule has 6 heteroatoms. The van der Waals surface area contributed by atoms with Crippen LogP contribution < -0.4 is 5.32 Å². The highest BCUT2D eigenvalue weighted by molar-refractivity contribution is 5.37. The molecule has 1 N–H and O–H groups in total. The Labute approximate surface area is 123 Å². The number of anilines is 1. The van der Waals surface area contributed by atoms with Crippen LogP contribution in [-0.2, 0) is 0 Å². The smallest absolute Gasteiger partial charge is 0.251 e. The van der Waals surface area contributed by atoms with Crippen LogP contribution in [0.25, 0.3) is 0 Å². The molecule has 0 spiro atoms. The first-order valence-corrected chi connectivity index (χ1v) is 7.27. The van der Waals surface area contributed by atoms with E-state index >= 15 is 0 Å². The lowest BCUT2D eigenvalue weighted by atomic mass is 9.75. The van der Waals surface area contributed by atoms with Gasteiger partial charge in [-0.1, -0.05) is 19.8 Å². The van der Waals surface area contributed by atoms with E-state index < -0.39 is 17.6 Å².